The summed E-state index contributed by atoms with van der Waals surface area (Å²) in [5.74, 6) is -0.424. The summed E-state index contributed by atoms with van der Waals surface area (Å²) >= 11 is 0. The molecule has 0 aliphatic carbocycles. The largest absolute Gasteiger partial charge is 0.497 e. The zero-order valence-electron chi connectivity index (χ0n) is 15.5. The number of sulfonamides is 1. The van der Waals surface area contributed by atoms with Gasteiger partial charge >= 0.3 is 0 Å². The summed E-state index contributed by atoms with van der Waals surface area (Å²) in [4.78, 5) is 12.3. The quantitative estimate of drug-likeness (QED) is 0.747. The highest BCUT2D eigenvalue weighted by Crippen LogP contribution is 2.25. The van der Waals surface area contributed by atoms with Crippen molar-refractivity contribution in [2.45, 2.75) is 31.2 Å². The van der Waals surface area contributed by atoms with Crippen LogP contribution in [0.1, 0.15) is 20.3 Å². The van der Waals surface area contributed by atoms with E-state index in [-0.39, 0.29) is 16.6 Å². The van der Waals surface area contributed by atoms with E-state index in [4.69, 9.17) is 4.74 Å². The molecule has 6 nitrogen and oxygen atoms in total. The summed E-state index contributed by atoms with van der Waals surface area (Å²) in [7, 11) is -2.56. The minimum atomic E-state index is -4.04. The summed E-state index contributed by atoms with van der Waals surface area (Å²) < 4.78 is 45.5. The fourth-order valence-corrected chi connectivity index (χ4v) is 3.77. The number of nitrogens with one attached hydrogen (secondary N) is 1. The van der Waals surface area contributed by atoms with Crippen LogP contribution in [0.5, 0.6) is 5.75 Å². The number of rotatable bonds is 8. The van der Waals surface area contributed by atoms with Crippen molar-refractivity contribution in [3.05, 3.63) is 54.3 Å². The number of halogens is 1. The van der Waals surface area contributed by atoms with Crippen molar-refractivity contribution >= 4 is 21.6 Å². The predicted molar refractivity (Wildman–Crippen MR) is 102 cm³/mol. The second-order valence-electron chi connectivity index (χ2n) is 6.04. The van der Waals surface area contributed by atoms with Crippen LogP contribution in [0.2, 0.25) is 0 Å². The zero-order chi connectivity index (χ0) is 20.0. The Morgan fingerprint density at radius 3 is 2.26 bits per heavy atom. The van der Waals surface area contributed by atoms with Gasteiger partial charge in [-0.3, -0.25) is 9.10 Å². The summed E-state index contributed by atoms with van der Waals surface area (Å²) in [5, 5.41) is 2.74. The van der Waals surface area contributed by atoms with Gasteiger partial charge < -0.3 is 10.1 Å². The Kier molecular flexibility index (Phi) is 6.79. The molecule has 1 N–H and O–H groups in total. The molecule has 0 aliphatic rings. The lowest BCUT2D eigenvalue weighted by Gasteiger charge is -2.25. The van der Waals surface area contributed by atoms with Crippen LogP contribution in [0.3, 0.4) is 0 Å². The van der Waals surface area contributed by atoms with E-state index in [1.807, 2.05) is 13.8 Å². The summed E-state index contributed by atoms with van der Waals surface area (Å²) in [5.41, 5.74) is 0.200. The minimum Gasteiger partial charge on any atom is -0.497 e. The third kappa shape index (κ3) is 5.19. The Labute approximate surface area is 159 Å². The first-order valence-electron chi connectivity index (χ1n) is 8.49. The van der Waals surface area contributed by atoms with Crippen LogP contribution in [0.4, 0.5) is 10.1 Å². The molecular weight excluding hydrogens is 371 g/mol. The molecule has 0 heterocycles. The van der Waals surface area contributed by atoms with Crippen LogP contribution in [0, 0.1) is 5.82 Å². The zero-order valence-corrected chi connectivity index (χ0v) is 16.3. The maximum Gasteiger partial charge on any atom is 0.264 e. The van der Waals surface area contributed by atoms with Crippen LogP contribution in [-0.2, 0) is 14.8 Å². The molecule has 146 valence electrons. The Balaban J connectivity index is 2.40. The maximum absolute atomic E-state index is 13.3. The van der Waals surface area contributed by atoms with E-state index in [2.05, 4.69) is 5.32 Å². The average molecular weight is 394 g/mol. The number of nitrogens with zero attached hydrogens (tertiary/aromatic N) is 1. The number of anilines is 1. The first-order chi connectivity index (χ1) is 12.8. The molecule has 0 fully saturated rings. The van der Waals surface area contributed by atoms with Crippen LogP contribution in [-0.4, -0.2) is 34.0 Å². The Bertz CT molecular complexity index is 868. The fourth-order valence-electron chi connectivity index (χ4n) is 2.35. The third-order valence-corrected chi connectivity index (χ3v) is 5.86. The van der Waals surface area contributed by atoms with E-state index in [1.165, 1.54) is 43.5 Å². The van der Waals surface area contributed by atoms with Crippen LogP contribution in [0.25, 0.3) is 0 Å². The maximum atomic E-state index is 13.3. The third-order valence-electron chi connectivity index (χ3n) is 4.07. The molecule has 0 bridgehead atoms. The molecule has 2 aromatic carbocycles. The van der Waals surface area contributed by atoms with E-state index in [0.717, 1.165) is 16.4 Å². The van der Waals surface area contributed by atoms with E-state index < -0.39 is 28.3 Å². The second-order valence-corrected chi connectivity index (χ2v) is 7.90. The fraction of sp³-hybridized carbons (Fsp3) is 0.316. The van der Waals surface area contributed by atoms with Crippen LogP contribution >= 0.6 is 0 Å². The highest BCUT2D eigenvalue weighted by Gasteiger charge is 2.27. The number of carbonyl (C=O) groups excluding carboxylic acids is 1. The molecule has 2 aromatic rings. The van der Waals surface area contributed by atoms with Gasteiger partial charge in [-0.2, -0.15) is 0 Å². The number of methoxy groups -OCH3 is 1. The van der Waals surface area contributed by atoms with Gasteiger partial charge in [0.2, 0.25) is 5.91 Å². The molecule has 27 heavy (non-hydrogen) atoms. The molecule has 8 heteroatoms. The number of benzene rings is 2. The molecule has 0 spiro atoms. The monoisotopic (exact) mass is 394 g/mol. The SMILES string of the molecule is CC[C@@H](C)NC(=O)CN(c1ccc(F)cc1)S(=O)(=O)c1ccc(OC)cc1. The Hall–Kier alpha value is -2.61. The molecule has 1 atom stereocenters. The average Bonchev–Trinajstić information content (AvgIpc) is 2.66. The van der Waals surface area contributed by atoms with Gasteiger partial charge in [0.25, 0.3) is 10.0 Å². The highest BCUT2D eigenvalue weighted by molar-refractivity contribution is 7.92. The van der Waals surface area contributed by atoms with Gasteiger partial charge in [-0.1, -0.05) is 6.92 Å². The molecule has 0 aromatic heterocycles. The number of carbonyl (C=O) groups is 1. The van der Waals surface area contributed by atoms with Gasteiger partial charge in [-0.15, -0.1) is 0 Å². The summed E-state index contributed by atoms with van der Waals surface area (Å²) in [6.07, 6.45) is 0.716. The van der Waals surface area contributed by atoms with Gasteiger partial charge in [0, 0.05) is 6.04 Å². The second kappa shape index (κ2) is 8.85. The summed E-state index contributed by atoms with van der Waals surface area (Å²) in [6, 6.07) is 10.7. The van der Waals surface area contributed by atoms with Crippen molar-refractivity contribution in [1.82, 2.24) is 5.32 Å². The molecule has 2 rings (SSSR count). The van der Waals surface area contributed by atoms with Gasteiger partial charge in [0.15, 0.2) is 0 Å². The molecule has 0 aliphatic heterocycles. The lowest BCUT2D eigenvalue weighted by molar-refractivity contribution is -0.120. The standard InChI is InChI=1S/C19H23FN2O4S/c1-4-14(2)21-19(23)13-22(16-7-5-15(20)6-8-16)27(24,25)18-11-9-17(26-3)10-12-18/h5-12,14H,4,13H2,1-3H3,(H,21,23)/t14-/m1/s1. The number of amides is 1. The van der Waals surface area contributed by atoms with Crippen molar-refractivity contribution in [1.29, 1.82) is 0 Å². The van der Waals surface area contributed by atoms with Crippen molar-refractivity contribution in [2.24, 2.45) is 0 Å². The van der Waals surface area contributed by atoms with E-state index in [1.54, 1.807) is 0 Å². The van der Waals surface area contributed by atoms with E-state index in [0.29, 0.717) is 12.2 Å². The van der Waals surface area contributed by atoms with Gasteiger partial charge in [-0.25, -0.2) is 12.8 Å². The first kappa shape index (κ1) is 20.7. The number of hydrogen-bond donors (Lipinski definition) is 1. The summed E-state index contributed by atoms with van der Waals surface area (Å²) in [6.45, 7) is 3.33. The molecule has 0 radical (unpaired) electrons. The van der Waals surface area contributed by atoms with Crippen molar-refractivity contribution in [2.75, 3.05) is 18.0 Å². The van der Waals surface area contributed by atoms with Crippen LogP contribution < -0.4 is 14.4 Å². The molecule has 0 saturated heterocycles. The predicted octanol–water partition coefficient (Wildman–Crippen LogP) is 2.94. The smallest absolute Gasteiger partial charge is 0.264 e. The topological polar surface area (TPSA) is 75.7 Å². The molecule has 0 saturated carbocycles. The molecular formula is C19H23FN2O4S. The lowest BCUT2D eigenvalue weighted by atomic mass is 10.2. The lowest BCUT2D eigenvalue weighted by Crippen LogP contribution is -2.43. The molecule has 1 amide bonds. The first-order valence-corrected chi connectivity index (χ1v) is 9.93. The van der Waals surface area contributed by atoms with Crippen molar-refractivity contribution in [3.63, 3.8) is 0 Å². The van der Waals surface area contributed by atoms with Crippen molar-refractivity contribution in [3.8, 4) is 5.75 Å². The number of ether oxygens (including phenoxy) is 1. The van der Waals surface area contributed by atoms with Crippen molar-refractivity contribution < 1.29 is 22.3 Å². The highest BCUT2D eigenvalue weighted by atomic mass is 32.2. The Morgan fingerprint density at radius 2 is 1.74 bits per heavy atom. The Morgan fingerprint density at radius 1 is 1.15 bits per heavy atom. The van der Waals surface area contributed by atoms with E-state index >= 15 is 0 Å². The van der Waals surface area contributed by atoms with Gasteiger partial charge in [0.05, 0.1) is 17.7 Å². The molecule has 0 unspecified atom stereocenters. The number of hydrogen-bond acceptors (Lipinski definition) is 4. The van der Waals surface area contributed by atoms with Gasteiger partial charge in [-0.05, 0) is 61.9 Å². The van der Waals surface area contributed by atoms with E-state index in [9.17, 15) is 17.6 Å². The van der Waals surface area contributed by atoms with Gasteiger partial charge in [0.1, 0.15) is 18.1 Å². The van der Waals surface area contributed by atoms with Crippen LogP contribution in [0.15, 0.2) is 53.4 Å². The minimum absolute atomic E-state index is 0.00367. The normalized spacial score (nSPS) is 12.3.